The monoisotopic (exact) mass is 456 g/mol. The molecule has 0 saturated heterocycles. The fraction of sp³-hybridized carbons (Fsp3) is 0.519. The van der Waals surface area contributed by atoms with E-state index in [2.05, 4.69) is 13.8 Å². The Morgan fingerprint density at radius 3 is 2.55 bits per heavy atom. The van der Waals surface area contributed by atoms with Crippen molar-refractivity contribution in [3.05, 3.63) is 46.5 Å². The molecule has 0 aliphatic carbocycles. The fourth-order valence-corrected chi connectivity index (χ4v) is 3.90. The maximum atomic E-state index is 13.0. The highest BCUT2D eigenvalue weighted by molar-refractivity contribution is 5.96. The van der Waals surface area contributed by atoms with Crippen LogP contribution in [0.5, 0.6) is 23.0 Å². The van der Waals surface area contributed by atoms with Crippen LogP contribution in [0.4, 0.5) is 0 Å². The number of fused-ring (bicyclic) bond motifs is 2. The van der Waals surface area contributed by atoms with Gasteiger partial charge in [-0.1, -0.05) is 34.6 Å². The van der Waals surface area contributed by atoms with Crippen LogP contribution in [0, 0.1) is 18.3 Å². The predicted molar refractivity (Wildman–Crippen MR) is 127 cm³/mol. The Morgan fingerprint density at radius 2 is 1.91 bits per heavy atom. The predicted octanol–water partition coefficient (Wildman–Crippen LogP) is 6.36. The van der Waals surface area contributed by atoms with Crippen LogP contribution in [-0.2, 0) is 11.3 Å². The van der Waals surface area contributed by atoms with Gasteiger partial charge in [0, 0.05) is 11.1 Å². The third-order valence-electron chi connectivity index (χ3n) is 5.52. The van der Waals surface area contributed by atoms with Crippen molar-refractivity contribution in [3.8, 4) is 23.0 Å². The molecule has 1 unspecified atom stereocenters. The number of aliphatic hydroxyl groups is 1. The van der Waals surface area contributed by atoms with Gasteiger partial charge in [-0.3, -0.25) is 0 Å². The molecule has 6 heteroatoms. The summed E-state index contributed by atoms with van der Waals surface area (Å²) in [6.45, 7) is 13.0. The second-order valence-corrected chi connectivity index (χ2v) is 10.3. The Balaban J connectivity index is 2.05. The van der Waals surface area contributed by atoms with E-state index in [0.29, 0.717) is 41.8 Å². The Labute approximate surface area is 196 Å². The molecule has 1 atom stereocenters. The van der Waals surface area contributed by atoms with Crippen molar-refractivity contribution in [1.29, 1.82) is 0 Å². The summed E-state index contributed by atoms with van der Waals surface area (Å²) < 4.78 is 23.6. The van der Waals surface area contributed by atoms with Gasteiger partial charge in [0.05, 0.1) is 19.8 Å². The molecule has 1 aliphatic rings. The third kappa shape index (κ3) is 5.99. The summed E-state index contributed by atoms with van der Waals surface area (Å²) >= 11 is 0. The standard InChI is InChI=1S/C27H36O6/c1-16(2)10-11-31-22-13-17(3)12-18-15-32-26(29)23-21(33-24(18)22)9-8-19(25(23)30-7)20(28)14-27(4,5)6/h8-9,12-13,16,20,28H,10-11,14-15H2,1-7H3. The number of hydrogen-bond acceptors (Lipinski definition) is 6. The molecular weight excluding hydrogens is 420 g/mol. The summed E-state index contributed by atoms with van der Waals surface area (Å²) in [4.78, 5) is 13.0. The quantitative estimate of drug-likeness (QED) is 0.489. The SMILES string of the molecule is COc1c(C(O)CC(C)(C)C)ccc2c1C(=O)OCc1cc(C)cc(OCCC(C)C)c1O2. The first kappa shape index (κ1) is 24.9. The van der Waals surface area contributed by atoms with E-state index in [4.69, 9.17) is 18.9 Å². The Bertz CT molecular complexity index is 1000. The summed E-state index contributed by atoms with van der Waals surface area (Å²) in [5, 5.41) is 10.9. The molecule has 2 aromatic rings. The van der Waals surface area contributed by atoms with E-state index >= 15 is 0 Å². The maximum Gasteiger partial charge on any atom is 0.346 e. The van der Waals surface area contributed by atoms with Crippen LogP contribution >= 0.6 is 0 Å². The minimum Gasteiger partial charge on any atom is -0.495 e. The van der Waals surface area contributed by atoms with Crippen LogP contribution in [0.2, 0.25) is 0 Å². The number of hydrogen-bond donors (Lipinski definition) is 1. The van der Waals surface area contributed by atoms with Gasteiger partial charge in [0.2, 0.25) is 0 Å². The number of cyclic esters (lactones) is 1. The van der Waals surface area contributed by atoms with Gasteiger partial charge in [0.25, 0.3) is 0 Å². The molecule has 0 spiro atoms. The maximum absolute atomic E-state index is 13.0. The molecule has 0 amide bonds. The minimum absolute atomic E-state index is 0.0494. The van der Waals surface area contributed by atoms with E-state index in [1.54, 1.807) is 12.1 Å². The van der Waals surface area contributed by atoms with Crippen molar-refractivity contribution in [3.63, 3.8) is 0 Å². The van der Waals surface area contributed by atoms with Crippen molar-refractivity contribution in [1.82, 2.24) is 0 Å². The molecule has 33 heavy (non-hydrogen) atoms. The topological polar surface area (TPSA) is 74.2 Å². The zero-order valence-electron chi connectivity index (χ0n) is 20.8. The zero-order valence-corrected chi connectivity index (χ0v) is 20.8. The van der Waals surface area contributed by atoms with Gasteiger partial charge in [0.1, 0.15) is 23.7 Å². The highest BCUT2D eigenvalue weighted by atomic mass is 16.6. The highest BCUT2D eigenvalue weighted by Gasteiger charge is 2.31. The summed E-state index contributed by atoms with van der Waals surface area (Å²) in [6.07, 6.45) is 0.624. The average molecular weight is 457 g/mol. The number of esters is 1. The molecule has 1 heterocycles. The van der Waals surface area contributed by atoms with E-state index in [1.807, 2.05) is 39.8 Å². The first-order chi connectivity index (χ1) is 15.5. The average Bonchev–Trinajstić information content (AvgIpc) is 2.70. The summed E-state index contributed by atoms with van der Waals surface area (Å²) in [6, 6.07) is 7.30. The van der Waals surface area contributed by atoms with Crippen LogP contribution in [0.25, 0.3) is 0 Å². The fourth-order valence-electron chi connectivity index (χ4n) is 3.90. The normalized spacial score (nSPS) is 14.4. The van der Waals surface area contributed by atoms with E-state index in [9.17, 15) is 9.90 Å². The molecule has 0 radical (unpaired) electrons. The number of carbonyl (C=O) groups excluding carboxylic acids is 1. The molecule has 2 aromatic carbocycles. The molecular formula is C27H36O6. The molecule has 6 nitrogen and oxygen atoms in total. The van der Waals surface area contributed by atoms with Gasteiger partial charge in [0.15, 0.2) is 11.5 Å². The van der Waals surface area contributed by atoms with E-state index in [1.165, 1.54) is 7.11 Å². The second-order valence-electron chi connectivity index (χ2n) is 10.3. The lowest BCUT2D eigenvalue weighted by Crippen LogP contribution is -2.17. The van der Waals surface area contributed by atoms with Crippen molar-refractivity contribution in [2.24, 2.45) is 11.3 Å². The smallest absolute Gasteiger partial charge is 0.346 e. The van der Waals surface area contributed by atoms with Crippen LogP contribution in [-0.4, -0.2) is 24.8 Å². The summed E-state index contributed by atoms with van der Waals surface area (Å²) in [7, 11) is 1.48. The lowest BCUT2D eigenvalue weighted by atomic mass is 9.86. The number of ether oxygens (including phenoxy) is 4. The molecule has 1 aliphatic heterocycles. The number of aliphatic hydroxyl groups excluding tert-OH is 1. The Kier molecular flexibility index (Phi) is 7.58. The zero-order chi connectivity index (χ0) is 24.3. The highest BCUT2D eigenvalue weighted by Crippen LogP contribution is 2.45. The number of carbonyl (C=O) groups is 1. The second kappa shape index (κ2) is 10.0. The Hall–Kier alpha value is -2.73. The van der Waals surface area contributed by atoms with Gasteiger partial charge in [-0.05, 0) is 60.9 Å². The van der Waals surface area contributed by atoms with E-state index in [0.717, 1.165) is 17.5 Å². The van der Waals surface area contributed by atoms with Crippen LogP contribution < -0.4 is 14.2 Å². The molecule has 1 N–H and O–H groups in total. The Morgan fingerprint density at radius 1 is 1.18 bits per heavy atom. The molecule has 0 aromatic heterocycles. The molecule has 180 valence electrons. The number of benzene rings is 2. The van der Waals surface area contributed by atoms with Gasteiger partial charge >= 0.3 is 5.97 Å². The minimum atomic E-state index is -0.798. The molecule has 0 saturated carbocycles. The molecule has 0 fully saturated rings. The summed E-state index contributed by atoms with van der Waals surface area (Å²) in [5.41, 5.74) is 2.33. The van der Waals surface area contributed by atoms with Gasteiger partial charge < -0.3 is 24.1 Å². The first-order valence-corrected chi connectivity index (χ1v) is 11.5. The van der Waals surface area contributed by atoms with E-state index < -0.39 is 12.1 Å². The van der Waals surface area contributed by atoms with Gasteiger partial charge in [-0.25, -0.2) is 4.79 Å². The lowest BCUT2D eigenvalue weighted by Gasteiger charge is -2.26. The number of rotatable bonds is 7. The molecule has 0 bridgehead atoms. The first-order valence-electron chi connectivity index (χ1n) is 11.5. The number of methoxy groups -OCH3 is 1. The van der Waals surface area contributed by atoms with Gasteiger partial charge in [-0.15, -0.1) is 0 Å². The van der Waals surface area contributed by atoms with Crippen molar-refractivity contribution < 1.29 is 28.8 Å². The molecule has 3 rings (SSSR count). The van der Waals surface area contributed by atoms with Crippen LogP contribution in [0.1, 0.15) is 80.6 Å². The summed E-state index contributed by atoms with van der Waals surface area (Å²) in [5.74, 6) is 1.69. The number of aryl methyl sites for hydroxylation is 1. The largest absolute Gasteiger partial charge is 0.495 e. The van der Waals surface area contributed by atoms with Crippen molar-refractivity contribution >= 4 is 5.97 Å². The van der Waals surface area contributed by atoms with E-state index in [-0.39, 0.29) is 23.3 Å². The van der Waals surface area contributed by atoms with Crippen LogP contribution in [0.3, 0.4) is 0 Å². The van der Waals surface area contributed by atoms with Gasteiger partial charge in [-0.2, -0.15) is 0 Å². The lowest BCUT2D eigenvalue weighted by molar-refractivity contribution is 0.0453. The van der Waals surface area contributed by atoms with Crippen molar-refractivity contribution in [2.45, 2.75) is 67.1 Å². The van der Waals surface area contributed by atoms with Crippen molar-refractivity contribution in [2.75, 3.05) is 13.7 Å². The third-order valence-corrected chi connectivity index (χ3v) is 5.52. The van der Waals surface area contributed by atoms with Crippen LogP contribution in [0.15, 0.2) is 24.3 Å².